The molecular weight excluding hydrogens is 407 g/mol. The average molecular weight is 429 g/mol. The summed E-state index contributed by atoms with van der Waals surface area (Å²) in [5.41, 5.74) is 5.44. The SMILES string of the molecule is Clc1ccc([C@@H]2[C@@H](c3ccccc3)[C@@H](c3ccccc3)[C@@H]2c2ccc(Cl)cc2)cc1. The normalized spacial score (nSPS) is 23.0. The van der Waals surface area contributed by atoms with Crippen LogP contribution in [0.2, 0.25) is 10.0 Å². The quantitative estimate of drug-likeness (QED) is 0.305. The lowest BCUT2D eigenvalue weighted by Crippen LogP contribution is -2.40. The first-order valence-corrected chi connectivity index (χ1v) is 11.1. The fourth-order valence-corrected chi connectivity index (χ4v) is 5.38. The van der Waals surface area contributed by atoms with Crippen molar-refractivity contribution in [3.63, 3.8) is 0 Å². The van der Waals surface area contributed by atoms with Crippen molar-refractivity contribution < 1.29 is 0 Å². The van der Waals surface area contributed by atoms with Gasteiger partial charge in [0.25, 0.3) is 0 Å². The van der Waals surface area contributed by atoms with Gasteiger partial charge in [0.15, 0.2) is 0 Å². The maximum absolute atomic E-state index is 6.21. The van der Waals surface area contributed by atoms with Gasteiger partial charge in [-0.05, 0) is 70.2 Å². The van der Waals surface area contributed by atoms with Crippen molar-refractivity contribution in [2.24, 2.45) is 0 Å². The van der Waals surface area contributed by atoms with E-state index in [0.29, 0.717) is 23.7 Å². The number of hydrogen-bond acceptors (Lipinski definition) is 0. The monoisotopic (exact) mass is 428 g/mol. The van der Waals surface area contributed by atoms with E-state index >= 15 is 0 Å². The molecule has 4 aromatic carbocycles. The standard InChI is InChI=1S/C28H22Cl2/c29-23-15-11-21(12-16-23)27-25(19-7-3-1-4-8-19)26(20-9-5-2-6-10-20)28(27)22-13-17-24(30)18-14-22/h1-18,25-28H/t25-,26+,27+,28-. The van der Waals surface area contributed by atoms with E-state index in [0.717, 1.165) is 10.0 Å². The molecule has 0 radical (unpaired) electrons. The van der Waals surface area contributed by atoms with Crippen LogP contribution in [0, 0.1) is 0 Å². The Bertz CT molecular complexity index is 1010. The summed E-state index contributed by atoms with van der Waals surface area (Å²) in [6.07, 6.45) is 0. The fourth-order valence-electron chi connectivity index (χ4n) is 5.13. The number of benzene rings is 4. The lowest BCUT2D eigenvalue weighted by molar-refractivity contribution is 0.229. The first-order chi connectivity index (χ1) is 14.7. The molecule has 1 aliphatic carbocycles. The molecule has 0 spiro atoms. The van der Waals surface area contributed by atoms with Gasteiger partial charge in [-0.2, -0.15) is 0 Å². The van der Waals surface area contributed by atoms with Crippen molar-refractivity contribution in [2.75, 3.05) is 0 Å². The molecule has 0 unspecified atom stereocenters. The topological polar surface area (TPSA) is 0 Å². The minimum Gasteiger partial charge on any atom is -0.0843 e. The lowest BCUT2D eigenvalue weighted by atomic mass is 9.49. The molecule has 0 saturated heterocycles. The summed E-state index contributed by atoms with van der Waals surface area (Å²) in [7, 11) is 0. The van der Waals surface area contributed by atoms with Crippen LogP contribution in [0.4, 0.5) is 0 Å². The third-order valence-electron chi connectivity index (χ3n) is 6.43. The summed E-state index contributed by atoms with van der Waals surface area (Å²) in [6, 6.07) is 38.6. The summed E-state index contributed by atoms with van der Waals surface area (Å²) in [5, 5.41) is 1.55. The van der Waals surface area contributed by atoms with E-state index in [1.54, 1.807) is 0 Å². The van der Waals surface area contributed by atoms with Crippen molar-refractivity contribution >= 4 is 23.2 Å². The Labute approximate surface area is 188 Å². The molecule has 4 aromatic rings. The minimum absolute atomic E-state index is 0.371. The Morgan fingerprint density at radius 1 is 0.333 bits per heavy atom. The predicted molar refractivity (Wildman–Crippen MR) is 127 cm³/mol. The van der Waals surface area contributed by atoms with Crippen molar-refractivity contribution in [3.05, 3.63) is 141 Å². The zero-order valence-electron chi connectivity index (χ0n) is 16.5. The van der Waals surface area contributed by atoms with E-state index in [1.165, 1.54) is 22.3 Å². The van der Waals surface area contributed by atoms with Gasteiger partial charge in [-0.1, -0.05) is 108 Å². The summed E-state index contributed by atoms with van der Waals surface area (Å²) in [6.45, 7) is 0. The highest BCUT2D eigenvalue weighted by molar-refractivity contribution is 6.30. The minimum atomic E-state index is 0.371. The molecule has 1 fully saturated rings. The van der Waals surface area contributed by atoms with Gasteiger partial charge in [0.2, 0.25) is 0 Å². The summed E-state index contributed by atoms with van der Waals surface area (Å²) >= 11 is 12.4. The molecule has 1 aliphatic rings. The Hall–Kier alpha value is -2.54. The van der Waals surface area contributed by atoms with Crippen LogP contribution in [-0.4, -0.2) is 0 Å². The van der Waals surface area contributed by atoms with Crippen molar-refractivity contribution in [1.29, 1.82) is 0 Å². The Balaban J connectivity index is 1.67. The van der Waals surface area contributed by atoms with Gasteiger partial charge in [-0.15, -0.1) is 0 Å². The van der Waals surface area contributed by atoms with E-state index in [9.17, 15) is 0 Å². The molecule has 148 valence electrons. The van der Waals surface area contributed by atoms with Gasteiger partial charge in [0.05, 0.1) is 0 Å². The molecule has 4 atom stereocenters. The van der Waals surface area contributed by atoms with Crippen LogP contribution in [-0.2, 0) is 0 Å². The third-order valence-corrected chi connectivity index (χ3v) is 6.93. The van der Waals surface area contributed by atoms with Gasteiger partial charge in [-0.25, -0.2) is 0 Å². The molecule has 5 rings (SSSR count). The Kier molecular flexibility index (Phi) is 5.37. The molecule has 30 heavy (non-hydrogen) atoms. The lowest BCUT2D eigenvalue weighted by Gasteiger charge is -2.54. The van der Waals surface area contributed by atoms with Crippen LogP contribution in [0.15, 0.2) is 109 Å². The van der Waals surface area contributed by atoms with Crippen LogP contribution in [0.25, 0.3) is 0 Å². The second kappa shape index (κ2) is 8.30. The van der Waals surface area contributed by atoms with Crippen LogP contribution < -0.4 is 0 Å². The highest BCUT2D eigenvalue weighted by Crippen LogP contribution is 2.66. The molecule has 0 heterocycles. The van der Waals surface area contributed by atoms with Crippen molar-refractivity contribution in [2.45, 2.75) is 23.7 Å². The molecule has 0 aliphatic heterocycles. The fraction of sp³-hybridized carbons (Fsp3) is 0.143. The smallest absolute Gasteiger partial charge is 0.0406 e. The largest absolute Gasteiger partial charge is 0.0843 e. The zero-order valence-corrected chi connectivity index (χ0v) is 18.0. The summed E-state index contributed by atoms with van der Waals surface area (Å²) < 4.78 is 0. The first-order valence-electron chi connectivity index (χ1n) is 10.3. The van der Waals surface area contributed by atoms with Gasteiger partial charge in [0.1, 0.15) is 0 Å². The van der Waals surface area contributed by atoms with Crippen LogP contribution >= 0.6 is 23.2 Å². The predicted octanol–water partition coefficient (Wildman–Crippen LogP) is 8.44. The third kappa shape index (κ3) is 3.55. The van der Waals surface area contributed by atoms with E-state index in [2.05, 4.69) is 84.9 Å². The van der Waals surface area contributed by atoms with Crippen molar-refractivity contribution in [3.8, 4) is 0 Å². The molecular formula is C28H22Cl2. The van der Waals surface area contributed by atoms with Crippen LogP contribution in [0.5, 0.6) is 0 Å². The van der Waals surface area contributed by atoms with Gasteiger partial charge in [-0.3, -0.25) is 0 Å². The highest BCUT2D eigenvalue weighted by atomic mass is 35.5. The van der Waals surface area contributed by atoms with Gasteiger partial charge < -0.3 is 0 Å². The van der Waals surface area contributed by atoms with E-state index in [-0.39, 0.29) is 0 Å². The van der Waals surface area contributed by atoms with Gasteiger partial charge >= 0.3 is 0 Å². The molecule has 0 amide bonds. The number of halogens is 2. The molecule has 0 nitrogen and oxygen atoms in total. The van der Waals surface area contributed by atoms with Crippen LogP contribution in [0.3, 0.4) is 0 Å². The first kappa shape index (κ1) is 19.4. The average Bonchev–Trinajstić information content (AvgIpc) is 2.77. The van der Waals surface area contributed by atoms with E-state index in [4.69, 9.17) is 23.2 Å². The maximum Gasteiger partial charge on any atom is 0.0406 e. The van der Waals surface area contributed by atoms with E-state index in [1.807, 2.05) is 24.3 Å². The molecule has 0 N–H and O–H groups in total. The highest BCUT2D eigenvalue weighted by Gasteiger charge is 2.52. The zero-order chi connectivity index (χ0) is 20.5. The Morgan fingerprint density at radius 2 is 0.600 bits per heavy atom. The number of rotatable bonds is 4. The summed E-state index contributed by atoms with van der Waals surface area (Å²) in [4.78, 5) is 0. The van der Waals surface area contributed by atoms with Crippen LogP contribution in [0.1, 0.15) is 45.9 Å². The molecule has 0 aromatic heterocycles. The van der Waals surface area contributed by atoms with Gasteiger partial charge in [0, 0.05) is 10.0 Å². The molecule has 1 saturated carbocycles. The van der Waals surface area contributed by atoms with Crippen molar-refractivity contribution in [1.82, 2.24) is 0 Å². The number of hydrogen-bond donors (Lipinski definition) is 0. The van der Waals surface area contributed by atoms with E-state index < -0.39 is 0 Å². The summed E-state index contributed by atoms with van der Waals surface area (Å²) in [5.74, 6) is 1.54. The second-order valence-corrected chi connectivity index (χ2v) is 8.90. The maximum atomic E-state index is 6.21. The molecule has 0 bridgehead atoms. The second-order valence-electron chi connectivity index (χ2n) is 8.03. The Morgan fingerprint density at radius 3 is 0.900 bits per heavy atom. The molecule has 2 heteroatoms.